The molecule has 0 bridgehead atoms. The van der Waals surface area contributed by atoms with Crippen molar-refractivity contribution < 1.29 is 4.79 Å². The van der Waals surface area contributed by atoms with Gasteiger partial charge in [-0.2, -0.15) is 0 Å². The van der Waals surface area contributed by atoms with Gasteiger partial charge in [-0.3, -0.25) is 4.79 Å². The molecule has 1 saturated heterocycles. The number of piperazine rings is 1. The van der Waals surface area contributed by atoms with Crippen LogP contribution in [0, 0.1) is 11.3 Å². The van der Waals surface area contributed by atoms with Gasteiger partial charge in [0.1, 0.15) is 0 Å². The monoisotopic (exact) mass is 384 g/mol. The van der Waals surface area contributed by atoms with E-state index in [9.17, 15) is 4.79 Å². The van der Waals surface area contributed by atoms with Crippen LogP contribution in [0.25, 0.3) is 0 Å². The van der Waals surface area contributed by atoms with E-state index in [1.165, 1.54) is 31.2 Å². The van der Waals surface area contributed by atoms with Crippen molar-refractivity contribution in [3.63, 3.8) is 0 Å². The highest BCUT2D eigenvalue weighted by Crippen LogP contribution is 2.45. The summed E-state index contributed by atoms with van der Waals surface area (Å²) in [5, 5.41) is 3.51. The molecule has 1 aromatic carbocycles. The van der Waals surface area contributed by atoms with Gasteiger partial charge in [-0.25, -0.2) is 0 Å². The van der Waals surface area contributed by atoms with Gasteiger partial charge >= 0.3 is 0 Å². The predicted molar refractivity (Wildman–Crippen MR) is 119 cm³/mol. The summed E-state index contributed by atoms with van der Waals surface area (Å²) in [5.74, 6) is 1.65. The first kappa shape index (κ1) is 21.4. The normalized spacial score (nSPS) is 29.2. The lowest BCUT2D eigenvalue weighted by Gasteiger charge is -2.42. The quantitative estimate of drug-likeness (QED) is 0.686. The molecule has 1 aliphatic heterocycles. The number of benzene rings is 1. The standard InChI is InChI=1S/C25H40N2O/c1-6-7-16-25(5)23(28)27(18-17-26-25)22-11-9-8-10-21(22)19-12-14-20(15-13-19)24(2,3)4/h8-11,19-20,26H,6-7,12-18H2,1-5H3. The number of hydrogen-bond donors (Lipinski definition) is 1. The van der Waals surface area contributed by atoms with E-state index in [0.717, 1.165) is 44.0 Å². The lowest BCUT2D eigenvalue weighted by Crippen LogP contribution is -2.63. The summed E-state index contributed by atoms with van der Waals surface area (Å²) >= 11 is 0. The van der Waals surface area contributed by atoms with Crippen LogP contribution in [0.2, 0.25) is 0 Å². The minimum Gasteiger partial charge on any atom is -0.309 e. The molecule has 1 saturated carbocycles. The maximum absolute atomic E-state index is 13.4. The summed E-state index contributed by atoms with van der Waals surface area (Å²) in [4.78, 5) is 15.5. The number of carbonyl (C=O) groups is 1. The fraction of sp³-hybridized carbons (Fsp3) is 0.720. The third kappa shape index (κ3) is 4.45. The Kier molecular flexibility index (Phi) is 6.54. The number of carbonyl (C=O) groups excluding carboxylic acids is 1. The Morgan fingerprint density at radius 2 is 1.82 bits per heavy atom. The molecular weight excluding hydrogens is 344 g/mol. The molecule has 1 aliphatic carbocycles. The van der Waals surface area contributed by atoms with E-state index in [1.807, 2.05) is 0 Å². The SMILES string of the molecule is CCCCC1(C)NCCN(c2ccccc2C2CCC(C(C)(C)C)CC2)C1=O. The van der Waals surface area contributed by atoms with Crippen molar-refractivity contribution in [3.05, 3.63) is 29.8 Å². The Hall–Kier alpha value is -1.35. The van der Waals surface area contributed by atoms with E-state index in [0.29, 0.717) is 11.3 Å². The van der Waals surface area contributed by atoms with Crippen molar-refractivity contribution in [3.8, 4) is 0 Å². The lowest BCUT2D eigenvalue weighted by atomic mass is 9.68. The number of para-hydroxylation sites is 1. The molecule has 1 aromatic rings. The Morgan fingerprint density at radius 1 is 1.14 bits per heavy atom. The van der Waals surface area contributed by atoms with Crippen molar-refractivity contribution in [1.29, 1.82) is 0 Å². The molecule has 1 atom stereocenters. The highest BCUT2D eigenvalue weighted by atomic mass is 16.2. The van der Waals surface area contributed by atoms with Crippen LogP contribution >= 0.6 is 0 Å². The van der Waals surface area contributed by atoms with Crippen LogP contribution in [0.1, 0.15) is 91.0 Å². The average Bonchev–Trinajstić information content (AvgIpc) is 2.68. The molecule has 2 aliphatic rings. The second-order valence-electron chi connectivity index (χ2n) is 10.3. The van der Waals surface area contributed by atoms with E-state index < -0.39 is 5.54 Å². The summed E-state index contributed by atoms with van der Waals surface area (Å²) < 4.78 is 0. The van der Waals surface area contributed by atoms with Crippen LogP contribution in [0.4, 0.5) is 5.69 Å². The molecular formula is C25H40N2O. The van der Waals surface area contributed by atoms with Crippen LogP contribution < -0.4 is 10.2 Å². The van der Waals surface area contributed by atoms with E-state index in [1.54, 1.807) is 0 Å². The number of amides is 1. The van der Waals surface area contributed by atoms with Gasteiger partial charge in [0.05, 0.1) is 5.54 Å². The maximum Gasteiger partial charge on any atom is 0.247 e. The summed E-state index contributed by atoms with van der Waals surface area (Å²) in [7, 11) is 0. The first-order valence-corrected chi connectivity index (χ1v) is 11.4. The van der Waals surface area contributed by atoms with Gasteiger partial charge in [-0.05, 0) is 67.9 Å². The number of hydrogen-bond acceptors (Lipinski definition) is 2. The number of anilines is 1. The molecule has 1 N–H and O–H groups in total. The Labute approximate surface area is 172 Å². The molecule has 1 unspecified atom stereocenters. The van der Waals surface area contributed by atoms with Crippen molar-refractivity contribution in [2.45, 2.75) is 91.0 Å². The Morgan fingerprint density at radius 3 is 2.46 bits per heavy atom. The van der Waals surface area contributed by atoms with E-state index in [2.05, 4.69) is 69.1 Å². The topological polar surface area (TPSA) is 32.3 Å². The van der Waals surface area contributed by atoms with Crippen molar-refractivity contribution in [1.82, 2.24) is 5.32 Å². The Bertz CT molecular complexity index is 669. The third-order valence-corrected chi connectivity index (χ3v) is 7.22. The van der Waals surface area contributed by atoms with E-state index >= 15 is 0 Å². The second kappa shape index (κ2) is 8.57. The zero-order valence-electron chi connectivity index (χ0n) is 18.7. The molecule has 3 heteroatoms. The van der Waals surface area contributed by atoms with Gasteiger partial charge in [-0.1, -0.05) is 58.7 Å². The number of nitrogens with zero attached hydrogens (tertiary/aromatic N) is 1. The van der Waals surface area contributed by atoms with Gasteiger partial charge in [0.2, 0.25) is 5.91 Å². The van der Waals surface area contributed by atoms with Gasteiger partial charge < -0.3 is 10.2 Å². The zero-order chi connectivity index (χ0) is 20.4. The summed E-state index contributed by atoms with van der Waals surface area (Å²) in [6.45, 7) is 13.1. The maximum atomic E-state index is 13.4. The van der Waals surface area contributed by atoms with Crippen molar-refractivity contribution in [2.24, 2.45) is 11.3 Å². The molecule has 2 fully saturated rings. The summed E-state index contributed by atoms with van der Waals surface area (Å²) in [6.07, 6.45) is 8.20. The van der Waals surface area contributed by atoms with Crippen LogP contribution in [0.5, 0.6) is 0 Å². The first-order valence-electron chi connectivity index (χ1n) is 11.4. The van der Waals surface area contributed by atoms with Gasteiger partial charge in [0, 0.05) is 18.8 Å². The van der Waals surface area contributed by atoms with Crippen molar-refractivity contribution >= 4 is 11.6 Å². The van der Waals surface area contributed by atoms with Gasteiger partial charge in [0.15, 0.2) is 0 Å². The number of unbranched alkanes of at least 4 members (excludes halogenated alkanes) is 1. The fourth-order valence-electron chi connectivity index (χ4n) is 5.22. The Balaban J connectivity index is 1.80. The average molecular weight is 385 g/mol. The highest BCUT2D eigenvalue weighted by molar-refractivity contribution is 6.01. The van der Waals surface area contributed by atoms with Crippen molar-refractivity contribution in [2.75, 3.05) is 18.0 Å². The minimum atomic E-state index is -0.425. The lowest BCUT2D eigenvalue weighted by molar-refractivity contribution is -0.126. The van der Waals surface area contributed by atoms with E-state index in [4.69, 9.17) is 0 Å². The smallest absolute Gasteiger partial charge is 0.247 e. The van der Waals surface area contributed by atoms with E-state index in [-0.39, 0.29) is 5.91 Å². The number of rotatable bonds is 5. The zero-order valence-corrected chi connectivity index (χ0v) is 18.7. The summed E-state index contributed by atoms with van der Waals surface area (Å²) in [6, 6.07) is 8.70. The number of nitrogens with one attached hydrogen (secondary N) is 1. The predicted octanol–water partition coefficient (Wildman–Crippen LogP) is 5.89. The van der Waals surface area contributed by atoms with Gasteiger partial charge in [0.25, 0.3) is 0 Å². The third-order valence-electron chi connectivity index (χ3n) is 7.22. The van der Waals surface area contributed by atoms with Crippen LogP contribution in [0.15, 0.2) is 24.3 Å². The summed E-state index contributed by atoms with van der Waals surface area (Å²) in [5.41, 5.74) is 2.53. The van der Waals surface area contributed by atoms with Crippen LogP contribution in [0.3, 0.4) is 0 Å². The first-order chi connectivity index (χ1) is 13.3. The molecule has 0 aromatic heterocycles. The molecule has 1 heterocycles. The second-order valence-corrected chi connectivity index (χ2v) is 10.3. The van der Waals surface area contributed by atoms with Crippen LogP contribution in [-0.4, -0.2) is 24.5 Å². The largest absolute Gasteiger partial charge is 0.309 e. The molecule has 156 valence electrons. The molecule has 0 radical (unpaired) electrons. The molecule has 0 spiro atoms. The molecule has 28 heavy (non-hydrogen) atoms. The molecule has 3 nitrogen and oxygen atoms in total. The fourth-order valence-corrected chi connectivity index (χ4v) is 5.22. The highest BCUT2D eigenvalue weighted by Gasteiger charge is 2.40. The van der Waals surface area contributed by atoms with Crippen LogP contribution in [-0.2, 0) is 4.79 Å². The van der Waals surface area contributed by atoms with Gasteiger partial charge in [-0.15, -0.1) is 0 Å². The minimum absolute atomic E-state index is 0.253. The molecule has 1 amide bonds. The molecule has 3 rings (SSSR count).